The fraction of sp³-hybridized carbons (Fsp3) is 0.444. The molecule has 1 aromatic carbocycles. The number of halogens is 1. The summed E-state index contributed by atoms with van der Waals surface area (Å²) in [5, 5.41) is 0. The van der Waals surface area contributed by atoms with E-state index < -0.39 is 0 Å². The van der Waals surface area contributed by atoms with Crippen LogP contribution in [0.15, 0.2) is 41.4 Å². The summed E-state index contributed by atoms with van der Waals surface area (Å²) in [6.07, 6.45) is 6.40. The van der Waals surface area contributed by atoms with Crippen molar-refractivity contribution >= 4 is 15.9 Å². The molecule has 2 fully saturated rings. The van der Waals surface area contributed by atoms with Crippen LogP contribution in [0, 0.1) is 29.1 Å². The Hall–Kier alpha value is -0.560. The number of benzene rings is 1. The molecule has 2 unspecified atom stereocenters. The van der Waals surface area contributed by atoms with E-state index >= 15 is 0 Å². The summed E-state index contributed by atoms with van der Waals surface area (Å²) in [4.78, 5) is 2.04. The lowest BCUT2D eigenvalue weighted by molar-refractivity contribution is 0.441. The van der Waals surface area contributed by atoms with Crippen LogP contribution in [-0.4, -0.2) is 0 Å². The van der Waals surface area contributed by atoms with Gasteiger partial charge in [-0.1, -0.05) is 72.6 Å². The molecule has 0 aromatic heterocycles. The summed E-state index contributed by atoms with van der Waals surface area (Å²) >= 11 is 3.47. The standard InChI is InChI=1S/C18H21Br/c1-18(2)16(11-12-19)14-9-6-10-15(14)17(18)13-7-4-3-5-8-13/h3-5,7-8,11-12,14-15H,6,9-10H2,1-2H3/b12-11+. The van der Waals surface area contributed by atoms with Gasteiger partial charge in [0.25, 0.3) is 0 Å². The number of fused-ring (bicyclic) bond motifs is 1. The maximum absolute atomic E-state index is 3.47. The van der Waals surface area contributed by atoms with Crippen molar-refractivity contribution in [3.8, 4) is 0 Å². The van der Waals surface area contributed by atoms with Gasteiger partial charge < -0.3 is 0 Å². The minimum atomic E-state index is 0.196. The largest absolute Gasteiger partial charge is 0.0696 e. The molecular weight excluding hydrogens is 296 g/mol. The summed E-state index contributed by atoms with van der Waals surface area (Å²) in [5.41, 5.74) is 1.64. The van der Waals surface area contributed by atoms with Crippen LogP contribution in [0.1, 0.15) is 38.7 Å². The molecule has 0 saturated heterocycles. The minimum absolute atomic E-state index is 0.196. The third kappa shape index (κ3) is 2.11. The van der Waals surface area contributed by atoms with Crippen molar-refractivity contribution in [3.05, 3.63) is 58.8 Å². The molecule has 0 amide bonds. The van der Waals surface area contributed by atoms with E-state index in [2.05, 4.69) is 66.2 Å². The second-order valence-electron chi connectivity index (χ2n) is 6.30. The van der Waals surface area contributed by atoms with Crippen LogP contribution in [0.25, 0.3) is 0 Å². The van der Waals surface area contributed by atoms with E-state index in [9.17, 15) is 0 Å². The molecule has 0 N–H and O–H groups in total. The lowest BCUT2D eigenvalue weighted by atomic mass is 9.70. The monoisotopic (exact) mass is 316 g/mol. The third-order valence-corrected chi connectivity index (χ3v) is 5.27. The topological polar surface area (TPSA) is 0 Å². The summed E-state index contributed by atoms with van der Waals surface area (Å²) < 4.78 is 0. The van der Waals surface area contributed by atoms with Gasteiger partial charge in [0.05, 0.1) is 0 Å². The van der Waals surface area contributed by atoms with Crippen LogP contribution in [0.2, 0.25) is 0 Å². The molecule has 1 heteroatoms. The highest BCUT2D eigenvalue weighted by molar-refractivity contribution is 9.11. The van der Waals surface area contributed by atoms with Crippen molar-refractivity contribution in [1.29, 1.82) is 0 Å². The first-order chi connectivity index (χ1) is 9.16. The van der Waals surface area contributed by atoms with E-state index in [4.69, 9.17) is 0 Å². The molecule has 2 atom stereocenters. The zero-order chi connectivity index (χ0) is 13.5. The summed E-state index contributed by atoms with van der Waals surface area (Å²) in [5.74, 6) is 4.80. The number of hydrogen-bond acceptors (Lipinski definition) is 0. The first kappa shape index (κ1) is 13.4. The molecule has 2 radical (unpaired) electrons. The second-order valence-corrected chi connectivity index (χ2v) is 6.83. The Morgan fingerprint density at radius 2 is 1.79 bits per heavy atom. The Kier molecular flexibility index (Phi) is 3.59. The third-order valence-electron chi connectivity index (χ3n) is 5.01. The van der Waals surface area contributed by atoms with Gasteiger partial charge >= 0.3 is 0 Å². The van der Waals surface area contributed by atoms with E-state index in [1.54, 1.807) is 11.8 Å². The molecule has 0 aliphatic heterocycles. The molecule has 0 spiro atoms. The maximum Gasteiger partial charge on any atom is 0.0149 e. The van der Waals surface area contributed by atoms with Gasteiger partial charge in [-0.25, -0.2) is 0 Å². The maximum atomic E-state index is 3.47. The quantitative estimate of drug-likeness (QED) is 0.671. The van der Waals surface area contributed by atoms with E-state index in [-0.39, 0.29) is 5.41 Å². The normalized spacial score (nSPS) is 31.1. The van der Waals surface area contributed by atoms with Gasteiger partial charge in [0, 0.05) is 11.8 Å². The number of hydrogen-bond donors (Lipinski definition) is 0. The molecule has 1 aromatic rings. The fourth-order valence-corrected chi connectivity index (χ4v) is 4.64. The van der Waals surface area contributed by atoms with Gasteiger partial charge in [0.1, 0.15) is 0 Å². The Morgan fingerprint density at radius 3 is 2.47 bits per heavy atom. The summed E-state index contributed by atoms with van der Waals surface area (Å²) in [6.45, 7) is 4.80. The summed E-state index contributed by atoms with van der Waals surface area (Å²) in [7, 11) is 0. The zero-order valence-electron chi connectivity index (χ0n) is 11.7. The SMILES string of the molecule is CC1(C)[C](/C=C/Br)C2CCCC2[C]1c1ccccc1. The smallest absolute Gasteiger partial charge is 0.0149 e. The lowest BCUT2D eigenvalue weighted by Crippen LogP contribution is -2.25. The Labute approximate surface area is 125 Å². The van der Waals surface area contributed by atoms with E-state index in [0.717, 1.165) is 11.8 Å². The molecule has 0 bridgehead atoms. The highest BCUT2D eigenvalue weighted by Crippen LogP contribution is 2.64. The van der Waals surface area contributed by atoms with Crippen LogP contribution < -0.4 is 0 Å². The molecule has 2 saturated carbocycles. The van der Waals surface area contributed by atoms with Gasteiger partial charge in [-0.05, 0) is 40.6 Å². The zero-order valence-corrected chi connectivity index (χ0v) is 13.3. The Balaban J connectivity index is 2.03. The minimum Gasteiger partial charge on any atom is -0.0696 e. The molecule has 0 nitrogen and oxygen atoms in total. The predicted octanol–water partition coefficient (Wildman–Crippen LogP) is 5.55. The van der Waals surface area contributed by atoms with E-state index in [0.29, 0.717) is 0 Å². The first-order valence-corrected chi connectivity index (χ1v) is 8.14. The van der Waals surface area contributed by atoms with Crippen molar-refractivity contribution in [2.24, 2.45) is 17.3 Å². The van der Waals surface area contributed by atoms with Crippen LogP contribution in [-0.2, 0) is 0 Å². The number of rotatable bonds is 2. The van der Waals surface area contributed by atoms with E-state index in [1.807, 2.05) is 4.99 Å². The van der Waals surface area contributed by atoms with Crippen LogP contribution in [0.3, 0.4) is 0 Å². The van der Waals surface area contributed by atoms with Crippen molar-refractivity contribution in [2.75, 3.05) is 0 Å². The average molecular weight is 317 g/mol. The molecule has 2 aliphatic rings. The van der Waals surface area contributed by atoms with Crippen molar-refractivity contribution < 1.29 is 0 Å². The average Bonchev–Trinajstić information content (AvgIpc) is 2.92. The molecule has 2 aliphatic carbocycles. The van der Waals surface area contributed by atoms with Crippen molar-refractivity contribution in [1.82, 2.24) is 0 Å². The highest BCUT2D eigenvalue weighted by atomic mass is 79.9. The molecule has 3 rings (SSSR count). The highest BCUT2D eigenvalue weighted by Gasteiger charge is 2.56. The van der Waals surface area contributed by atoms with Crippen LogP contribution >= 0.6 is 15.9 Å². The number of allylic oxidation sites excluding steroid dienone is 1. The van der Waals surface area contributed by atoms with Crippen molar-refractivity contribution in [3.63, 3.8) is 0 Å². The molecule has 19 heavy (non-hydrogen) atoms. The van der Waals surface area contributed by atoms with Gasteiger partial charge in [-0.2, -0.15) is 0 Å². The molecule has 0 heterocycles. The van der Waals surface area contributed by atoms with Crippen LogP contribution in [0.5, 0.6) is 0 Å². The van der Waals surface area contributed by atoms with Gasteiger partial charge in [-0.15, -0.1) is 0 Å². The van der Waals surface area contributed by atoms with Gasteiger partial charge in [0.15, 0.2) is 0 Å². The molecular formula is C18H21Br. The van der Waals surface area contributed by atoms with Crippen molar-refractivity contribution in [2.45, 2.75) is 33.1 Å². The summed E-state index contributed by atoms with van der Waals surface area (Å²) in [6, 6.07) is 11.0. The Morgan fingerprint density at radius 1 is 1.11 bits per heavy atom. The second kappa shape index (κ2) is 5.09. The molecule has 100 valence electrons. The van der Waals surface area contributed by atoms with Gasteiger partial charge in [-0.3, -0.25) is 0 Å². The first-order valence-electron chi connectivity index (χ1n) is 7.23. The predicted molar refractivity (Wildman–Crippen MR) is 84.7 cm³/mol. The lowest BCUT2D eigenvalue weighted by Gasteiger charge is -2.33. The Bertz CT molecular complexity index is 460. The fourth-order valence-electron chi connectivity index (χ4n) is 4.35. The van der Waals surface area contributed by atoms with E-state index in [1.165, 1.54) is 24.8 Å². The van der Waals surface area contributed by atoms with Gasteiger partial charge in [0.2, 0.25) is 0 Å². The van der Waals surface area contributed by atoms with Crippen LogP contribution in [0.4, 0.5) is 0 Å².